The van der Waals surface area contributed by atoms with Crippen molar-refractivity contribution in [3.8, 4) is 0 Å². The number of hydrogen-bond acceptors (Lipinski definition) is 4. The molecule has 5 heteroatoms. The SMILES string of the molecule is C=C1/C(=C\C=C2/CCC[C@]3(C)[C@@H]([C@H](C)/C=C/[C@H](O)C4(c5nc(CCC)c[nH]5)CC4)CC[C@@H]23)C[C@@H](O)C[C@@H]1O. The Hall–Kier alpha value is -1.95. The van der Waals surface area contributed by atoms with E-state index in [0.29, 0.717) is 30.6 Å². The molecule has 4 saturated carbocycles. The molecule has 38 heavy (non-hydrogen) atoms. The first-order chi connectivity index (χ1) is 18.2. The number of aliphatic hydroxyl groups is 3. The Balaban J connectivity index is 1.27. The fourth-order valence-electron chi connectivity index (χ4n) is 8.01. The lowest BCUT2D eigenvalue weighted by Gasteiger charge is -2.44. The highest BCUT2D eigenvalue weighted by atomic mass is 16.3. The van der Waals surface area contributed by atoms with Gasteiger partial charge in [-0.2, -0.15) is 0 Å². The molecule has 1 aromatic rings. The smallest absolute Gasteiger partial charge is 0.115 e. The number of nitrogens with zero attached hydrogens (tertiary/aromatic N) is 1. The van der Waals surface area contributed by atoms with E-state index in [1.165, 1.54) is 31.3 Å². The van der Waals surface area contributed by atoms with Crippen LogP contribution in [0.5, 0.6) is 0 Å². The molecular formula is C33H48N2O3. The first-order valence-corrected chi connectivity index (χ1v) is 15.0. The summed E-state index contributed by atoms with van der Waals surface area (Å²) in [7, 11) is 0. The van der Waals surface area contributed by atoms with Crippen molar-refractivity contribution in [2.24, 2.45) is 23.2 Å². The van der Waals surface area contributed by atoms with E-state index in [-0.39, 0.29) is 10.8 Å². The number of nitrogens with one attached hydrogen (secondary N) is 1. The summed E-state index contributed by atoms with van der Waals surface area (Å²) in [5, 5.41) is 31.6. The van der Waals surface area contributed by atoms with E-state index in [2.05, 4.69) is 56.6 Å². The molecular weight excluding hydrogens is 472 g/mol. The van der Waals surface area contributed by atoms with Crippen molar-refractivity contribution in [2.45, 2.75) is 115 Å². The van der Waals surface area contributed by atoms with Crippen LogP contribution in [0.3, 0.4) is 0 Å². The van der Waals surface area contributed by atoms with Gasteiger partial charge in [0.15, 0.2) is 0 Å². The number of aliphatic hydroxyl groups excluding tert-OH is 3. The minimum absolute atomic E-state index is 0.233. The molecule has 0 unspecified atom stereocenters. The van der Waals surface area contributed by atoms with Gasteiger partial charge in [0.1, 0.15) is 5.82 Å². The van der Waals surface area contributed by atoms with Gasteiger partial charge in [0.2, 0.25) is 0 Å². The van der Waals surface area contributed by atoms with Crippen LogP contribution in [-0.4, -0.2) is 43.6 Å². The predicted molar refractivity (Wildman–Crippen MR) is 153 cm³/mol. The highest BCUT2D eigenvalue weighted by molar-refractivity contribution is 5.39. The second-order valence-electron chi connectivity index (χ2n) is 13.0. The molecule has 0 spiro atoms. The Morgan fingerprint density at radius 1 is 1.18 bits per heavy atom. The van der Waals surface area contributed by atoms with Crippen LogP contribution in [0, 0.1) is 23.2 Å². The summed E-state index contributed by atoms with van der Waals surface area (Å²) >= 11 is 0. The molecule has 4 N–H and O–H groups in total. The van der Waals surface area contributed by atoms with Crippen LogP contribution >= 0.6 is 0 Å². The zero-order chi connectivity index (χ0) is 27.1. The number of H-pyrrole nitrogens is 1. The van der Waals surface area contributed by atoms with Crippen molar-refractivity contribution >= 4 is 0 Å². The lowest BCUT2D eigenvalue weighted by molar-refractivity contribution is 0.0862. The molecule has 0 aliphatic heterocycles. The molecule has 1 heterocycles. The van der Waals surface area contributed by atoms with Gasteiger partial charge in [0.05, 0.1) is 29.4 Å². The van der Waals surface area contributed by atoms with Gasteiger partial charge in [0, 0.05) is 12.6 Å². The van der Waals surface area contributed by atoms with E-state index in [1.807, 2.05) is 6.20 Å². The largest absolute Gasteiger partial charge is 0.393 e. The molecule has 5 rings (SSSR count). The molecule has 0 saturated heterocycles. The molecule has 4 fully saturated rings. The second-order valence-corrected chi connectivity index (χ2v) is 13.0. The first-order valence-electron chi connectivity index (χ1n) is 15.0. The summed E-state index contributed by atoms with van der Waals surface area (Å²) in [4.78, 5) is 8.16. The zero-order valence-electron chi connectivity index (χ0n) is 23.6. The maximum absolute atomic E-state index is 11.2. The van der Waals surface area contributed by atoms with Gasteiger partial charge in [-0.25, -0.2) is 4.98 Å². The summed E-state index contributed by atoms with van der Waals surface area (Å²) in [6.07, 6.45) is 20.1. The molecule has 0 amide bonds. The molecule has 0 bridgehead atoms. The molecule has 5 nitrogen and oxygen atoms in total. The van der Waals surface area contributed by atoms with Crippen molar-refractivity contribution in [3.05, 3.63) is 65.3 Å². The maximum atomic E-state index is 11.2. The van der Waals surface area contributed by atoms with Gasteiger partial charge in [0.25, 0.3) is 0 Å². The van der Waals surface area contributed by atoms with E-state index in [9.17, 15) is 15.3 Å². The number of aromatic amines is 1. The number of rotatable bonds is 8. The van der Waals surface area contributed by atoms with Crippen LogP contribution < -0.4 is 0 Å². The second kappa shape index (κ2) is 10.9. The van der Waals surface area contributed by atoms with Crippen LogP contribution in [-0.2, 0) is 11.8 Å². The fourth-order valence-corrected chi connectivity index (χ4v) is 8.01. The molecule has 4 aliphatic rings. The summed E-state index contributed by atoms with van der Waals surface area (Å²) in [6.45, 7) is 11.1. The minimum Gasteiger partial charge on any atom is -0.393 e. The Kier molecular flexibility index (Phi) is 7.92. The van der Waals surface area contributed by atoms with Gasteiger partial charge in [-0.15, -0.1) is 0 Å². The summed E-state index contributed by atoms with van der Waals surface area (Å²) in [5.41, 5.74) is 4.39. The molecule has 0 radical (unpaired) electrons. The Morgan fingerprint density at radius 3 is 2.71 bits per heavy atom. The summed E-state index contributed by atoms with van der Waals surface area (Å²) in [6, 6.07) is 0. The number of fused-ring (bicyclic) bond motifs is 1. The van der Waals surface area contributed by atoms with Gasteiger partial charge in [-0.1, -0.05) is 63.6 Å². The topological polar surface area (TPSA) is 89.4 Å². The standard InChI is InChI=1S/C33H48N2O3/c1-5-7-25-20-34-31(35-25)33(16-17-33)30(38)14-9-21(2)27-12-13-28-23(8-6-15-32(27,28)4)10-11-24-18-26(36)19-29(37)22(24)3/h9-11,14,20-21,26-30,36-38H,3,5-8,12-13,15-19H2,1-2,4H3,(H,34,35)/b14-9+,23-10+,24-11-/t21-,26-,27-,28+,29+,30+,32-/m1/s1. The van der Waals surface area contributed by atoms with Crippen molar-refractivity contribution in [1.82, 2.24) is 9.97 Å². The number of hydrogen-bond donors (Lipinski definition) is 4. The minimum atomic E-state index is -0.639. The first kappa shape index (κ1) is 27.6. The third-order valence-corrected chi connectivity index (χ3v) is 10.5. The fraction of sp³-hybridized carbons (Fsp3) is 0.667. The number of allylic oxidation sites excluding steroid dienone is 4. The van der Waals surface area contributed by atoms with Crippen LogP contribution in [0.4, 0.5) is 0 Å². The van der Waals surface area contributed by atoms with Crippen LogP contribution in [0.15, 0.2) is 53.8 Å². The lowest BCUT2D eigenvalue weighted by atomic mass is 9.61. The third kappa shape index (κ3) is 5.14. The van der Waals surface area contributed by atoms with E-state index >= 15 is 0 Å². The lowest BCUT2D eigenvalue weighted by Crippen LogP contribution is -2.35. The van der Waals surface area contributed by atoms with Crippen molar-refractivity contribution in [2.75, 3.05) is 0 Å². The zero-order valence-corrected chi connectivity index (χ0v) is 23.6. The van der Waals surface area contributed by atoms with Crippen molar-refractivity contribution in [1.29, 1.82) is 0 Å². The normalized spacial score (nSPS) is 36.6. The Morgan fingerprint density at radius 2 is 1.97 bits per heavy atom. The molecule has 1 aromatic heterocycles. The average Bonchev–Trinajstić information content (AvgIpc) is 3.42. The van der Waals surface area contributed by atoms with E-state index < -0.39 is 18.3 Å². The van der Waals surface area contributed by atoms with Crippen molar-refractivity contribution < 1.29 is 15.3 Å². The third-order valence-electron chi connectivity index (χ3n) is 10.5. The monoisotopic (exact) mass is 520 g/mol. The quantitative estimate of drug-likeness (QED) is 0.312. The maximum Gasteiger partial charge on any atom is 0.115 e. The summed E-state index contributed by atoms with van der Waals surface area (Å²) in [5.74, 6) is 2.52. The van der Waals surface area contributed by atoms with Crippen molar-refractivity contribution in [3.63, 3.8) is 0 Å². The van der Waals surface area contributed by atoms with E-state index in [0.717, 1.165) is 54.8 Å². The summed E-state index contributed by atoms with van der Waals surface area (Å²) < 4.78 is 0. The number of aromatic nitrogens is 2. The number of aryl methyl sites for hydroxylation is 1. The highest BCUT2D eigenvalue weighted by Gasteiger charge is 2.53. The van der Waals surface area contributed by atoms with Crippen LogP contribution in [0.25, 0.3) is 0 Å². The van der Waals surface area contributed by atoms with Gasteiger partial charge in [-0.05, 0) is 92.1 Å². The molecule has 7 atom stereocenters. The average molecular weight is 521 g/mol. The van der Waals surface area contributed by atoms with Crippen LogP contribution in [0.2, 0.25) is 0 Å². The molecule has 0 aromatic carbocycles. The molecule has 208 valence electrons. The van der Waals surface area contributed by atoms with Crippen LogP contribution in [0.1, 0.15) is 96.5 Å². The Bertz CT molecular complexity index is 1110. The van der Waals surface area contributed by atoms with E-state index in [1.54, 1.807) is 0 Å². The van der Waals surface area contributed by atoms with Gasteiger partial charge < -0.3 is 20.3 Å². The Labute approximate surface area is 228 Å². The number of imidazole rings is 1. The highest BCUT2D eigenvalue weighted by Crippen LogP contribution is 2.59. The van der Waals surface area contributed by atoms with E-state index in [4.69, 9.17) is 4.98 Å². The van der Waals surface area contributed by atoms with Gasteiger partial charge in [-0.3, -0.25) is 0 Å². The van der Waals surface area contributed by atoms with Gasteiger partial charge >= 0.3 is 0 Å². The molecule has 4 aliphatic carbocycles. The predicted octanol–water partition coefficient (Wildman–Crippen LogP) is 6.09.